The van der Waals surface area contributed by atoms with Crippen LogP contribution in [0.2, 0.25) is 0 Å². The van der Waals surface area contributed by atoms with Crippen molar-refractivity contribution in [3.8, 4) is 0 Å². The van der Waals surface area contributed by atoms with Crippen LogP contribution in [0.3, 0.4) is 0 Å². The smallest absolute Gasteiger partial charge is 0.0964 e. The Hall–Kier alpha value is -0.540. The van der Waals surface area contributed by atoms with E-state index in [0.717, 1.165) is 29.5 Å². The van der Waals surface area contributed by atoms with Crippen LogP contribution >= 0.6 is 11.8 Å². The first-order valence-electron chi connectivity index (χ1n) is 7.57. The number of pyridine rings is 1. The van der Waals surface area contributed by atoms with E-state index >= 15 is 0 Å². The van der Waals surface area contributed by atoms with E-state index in [1.807, 2.05) is 23.9 Å². The molecular formula is C16H25NOS. The van der Waals surface area contributed by atoms with Gasteiger partial charge in [-0.25, -0.2) is 4.98 Å². The quantitative estimate of drug-likeness (QED) is 0.773. The van der Waals surface area contributed by atoms with E-state index in [1.165, 1.54) is 37.9 Å². The molecule has 1 atom stereocenters. The lowest BCUT2D eigenvalue weighted by Gasteiger charge is -2.20. The summed E-state index contributed by atoms with van der Waals surface area (Å²) in [6, 6.07) is 6.02. The van der Waals surface area contributed by atoms with Gasteiger partial charge < -0.3 is 5.11 Å². The van der Waals surface area contributed by atoms with Gasteiger partial charge in [0.05, 0.1) is 16.8 Å². The van der Waals surface area contributed by atoms with Gasteiger partial charge in [-0.3, -0.25) is 0 Å². The van der Waals surface area contributed by atoms with Crippen LogP contribution in [-0.2, 0) is 0 Å². The molecule has 2 rings (SSSR count). The molecule has 0 bridgehead atoms. The number of thioether (sulfide) groups is 1. The highest BCUT2D eigenvalue weighted by molar-refractivity contribution is 7.99. The van der Waals surface area contributed by atoms with E-state index in [0.29, 0.717) is 0 Å². The summed E-state index contributed by atoms with van der Waals surface area (Å²) in [5.41, 5.74) is 0.829. The summed E-state index contributed by atoms with van der Waals surface area (Å²) in [7, 11) is 0. The van der Waals surface area contributed by atoms with Crippen LogP contribution in [-0.4, -0.2) is 15.8 Å². The molecule has 1 aliphatic rings. The molecule has 1 saturated carbocycles. The van der Waals surface area contributed by atoms with Gasteiger partial charge in [-0.05, 0) is 37.3 Å². The van der Waals surface area contributed by atoms with Crippen molar-refractivity contribution < 1.29 is 5.11 Å². The molecule has 0 amide bonds. The molecule has 0 aromatic carbocycles. The molecule has 3 heteroatoms. The van der Waals surface area contributed by atoms with Crippen molar-refractivity contribution in [2.75, 3.05) is 5.75 Å². The van der Waals surface area contributed by atoms with E-state index in [-0.39, 0.29) is 0 Å². The molecule has 1 aromatic rings. The zero-order valence-electron chi connectivity index (χ0n) is 11.8. The third kappa shape index (κ3) is 4.81. The molecule has 0 radical (unpaired) electrons. The van der Waals surface area contributed by atoms with Gasteiger partial charge in [0.15, 0.2) is 0 Å². The van der Waals surface area contributed by atoms with Crippen molar-refractivity contribution in [2.24, 2.45) is 5.92 Å². The number of aromatic nitrogens is 1. The van der Waals surface area contributed by atoms with Crippen molar-refractivity contribution in [2.45, 2.75) is 63.0 Å². The maximum atomic E-state index is 9.99. The zero-order valence-corrected chi connectivity index (χ0v) is 12.7. The second-order valence-corrected chi connectivity index (χ2v) is 6.56. The highest BCUT2D eigenvalue weighted by atomic mass is 32.2. The number of nitrogens with zero attached hydrogens (tertiary/aromatic N) is 1. The Morgan fingerprint density at radius 2 is 2.11 bits per heavy atom. The maximum Gasteiger partial charge on any atom is 0.0964 e. The Balaban J connectivity index is 1.87. The van der Waals surface area contributed by atoms with Gasteiger partial charge in [-0.15, -0.1) is 11.8 Å². The van der Waals surface area contributed by atoms with E-state index in [4.69, 9.17) is 0 Å². The predicted octanol–water partition coefficient (Wildman–Crippen LogP) is 4.59. The first-order chi connectivity index (χ1) is 9.29. The fourth-order valence-electron chi connectivity index (χ4n) is 2.68. The van der Waals surface area contributed by atoms with Crippen molar-refractivity contribution in [3.63, 3.8) is 0 Å². The van der Waals surface area contributed by atoms with Crippen LogP contribution in [0.4, 0.5) is 0 Å². The summed E-state index contributed by atoms with van der Waals surface area (Å²) in [5, 5.41) is 11.1. The van der Waals surface area contributed by atoms with Crippen molar-refractivity contribution in [1.29, 1.82) is 0 Å². The van der Waals surface area contributed by atoms with Gasteiger partial charge in [-0.1, -0.05) is 38.7 Å². The lowest BCUT2D eigenvalue weighted by molar-refractivity contribution is 0.161. The van der Waals surface area contributed by atoms with E-state index in [9.17, 15) is 5.11 Å². The first-order valence-corrected chi connectivity index (χ1v) is 8.56. The monoisotopic (exact) mass is 279 g/mol. The molecule has 1 aromatic heterocycles. The van der Waals surface area contributed by atoms with Crippen LogP contribution in [0.5, 0.6) is 0 Å². The summed E-state index contributed by atoms with van der Waals surface area (Å²) in [6.45, 7) is 2.09. The molecule has 1 heterocycles. The number of rotatable bonds is 6. The number of hydrogen-bond acceptors (Lipinski definition) is 3. The molecule has 0 aliphatic heterocycles. The van der Waals surface area contributed by atoms with E-state index < -0.39 is 6.10 Å². The van der Waals surface area contributed by atoms with Crippen LogP contribution in [0.15, 0.2) is 23.2 Å². The third-order valence-electron chi connectivity index (χ3n) is 3.84. The molecule has 0 saturated heterocycles. The molecule has 1 N–H and O–H groups in total. The molecule has 2 nitrogen and oxygen atoms in total. The minimum absolute atomic E-state index is 0.403. The van der Waals surface area contributed by atoms with E-state index in [1.54, 1.807) is 0 Å². The average Bonchev–Trinajstić information content (AvgIpc) is 2.47. The summed E-state index contributed by atoms with van der Waals surface area (Å²) in [4.78, 5) is 4.59. The van der Waals surface area contributed by atoms with E-state index in [2.05, 4.69) is 18.0 Å². The van der Waals surface area contributed by atoms with Gasteiger partial charge in [0, 0.05) is 5.75 Å². The van der Waals surface area contributed by atoms with Crippen LogP contribution in [0.25, 0.3) is 0 Å². The number of aliphatic hydroxyl groups is 1. The molecule has 19 heavy (non-hydrogen) atoms. The standard InChI is InChI=1S/C16H25NOS/c1-2-7-15(18)14-10-6-11-16(17-14)19-12-13-8-4-3-5-9-13/h6,10-11,13,15,18H,2-5,7-9,12H2,1H3/t15-/m1/s1. The highest BCUT2D eigenvalue weighted by Crippen LogP contribution is 2.29. The lowest BCUT2D eigenvalue weighted by atomic mass is 9.91. The Morgan fingerprint density at radius 3 is 2.84 bits per heavy atom. The lowest BCUT2D eigenvalue weighted by Crippen LogP contribution is -2.09. The summed E-state index contributed by atoms with van der Waals surface area (Å²) >= 11 is 1.85. The molecule has 1 fully saturated rings. The summed E-state index contributed by atoms with van der Waals surface area (Å²) < 4.78 is 0. The van der Waals surface area contributed by atoms with Gasteiger partial charge in [-0.2, -0.15) is 0 Å². The largest absolute Gasteiger partial charge is 0.387 e. The topological polar surface area (TPSA) is 33.1 Å². The normalized spacial score (nSPS) is 18.4. The summed E-state index contributed by atoms with van der Waals surface area (Å²) in [5.74, 6) is 2.05. The number of hydrogen-bond donors (Lipinski definition) is 1. The first kappa shape index (κ1) is 14.9. The van der Waals surface area contributed by atoms with Crippen molar-refractivity contribution in [3.05, 3.63) is 23.9 Å². The van der Waals surface area contributed by atoms with Gasteiger partial charge in [0.1, 0.15) is 0 Å². The van der Waals surface area contributed by atoms with Crippen LogP contribution in [0, 0.1) is 5.92 Å². The Bertz CT molecular complexity index is 377. The van der Waals surface area contributed by atoms with Crippen molar-refractivity contribution in [1.82, 2.24) is 4.98 Å². The Kier molecular flexibility index (Phi) is 6.18. The van der Waals surface area contributed by atoms with Crippen molar-refractivity contribution >= 4 is 11.8 Å². The van der Waals surface area contributed by atoms with Gasteiger partial charge in [0.25, 0.3) is 0 Å². The third-order valence-corrected chi connectivity index (χ3v) is 5.00. The maximum absolute atomic E-state index is 9.99. The molecule has 106 valence electrons. The molecular weight excluding hydrogens is 254 g/mol. The molecule has 0 spiro atoms. The van der Waals surface area contributed by atoms with Crippen LogP contribution in [0.1, 0.15) is 63.7 Å². The average molecular weight is 279 g/mol. The second kappa shape index (κ2) is 7.91. The molecule has 0 unspecified atom stereocenters. The highest BCUT2D eigenvalue weighted by Gasteiger charge is 2.14. The minimum Gasteiger partial charge on any atom is -0.387 e. The SMILES string of the molecule is CCC[C@@H](O)c1cccc(SCC2CCCCC2)n1. The van der Waals surface area contributed by atoms with Gasteiger partial charge >= 0.3 is 0 Å². The zero-order chi connectivity index (χ0) is 13.5. The Morgan fingerprint density at radius 1 is 1.32 bits per heavy atom. The Labute approximate surface area is 121 Å². The predicted molar refractivity (Wildman–Crippen MR) is 81.4 cm³/mol. The van der Waals surface area contributed by atoms with Gasteiger partial charge in [0.2, 0.25) is 0 Å². The summed E-state index contributed by atoms with van der Waals surface area (Å²) in [6.07, 6.45) is 8.35. The second-order valence-electron chi connectivity index (χ2n) is 5.52. The molecule has 1 aliphatic carbocycles. The van der Waals surface area contributed by atoms with Crippen LogP contribution < -0.4 is 0 Å². The minimum atomic E-state index is -0.403. The number of aliphatic hydroxyl groups excluding tert-OH is 1. The fraction of sp³-hybridized carbons (Fsp3) is 0.688. The fourth-order valence-corrected chi connectivity index (χ4v) is 3.76.